The Balaban J connectivity index is 1.85. The SMILES string of the molecule is CC(C)(C)NCCCc1nnc(-c2ccc(Cl)o2)s1. The Morgan fingerprint density at radius 3 is 2.74 bits per heavy atom. The molecule has 2 rings (SSSR count). The first-order chi connectivity index (χ1) is 8.94. The Labute approximate surface area is 122 Å². The summed E-state index contributed by atoms with van der Waals surface area (Å²) in [7, 11) is 0. The molecule has 0 spiro atoms. The van der Waals surface area contributed by atoms with Gasteiger partial charge in [0, 0.05) is 12.0 Å². The van der Waals surface area contributed by atoms with Crippen LogP contribution in [0.15, 0.2) is 16.5 Å². The van der Waals surface area contributed by atoms with Gasteiger partial charge in [-0.3, -0.25) is 0 Å². The minimum Gasteiger partial charge on any atom is -0.442 e. The molecule has 0 aliphatic rings. The van der Waals surface area contributed by atoms with Gasteiger partial charge in [-0.15, -0.1) is 10.2 Å². The third kappa shape index (κ3) is 4.60. The molecule has 0 amide bonds. The zero-order chi connectivity index (χ0) is 13.9. The van der Waals surface area contributed by atoms with Crippen molar-refractivity contribution < 1.29 is 4.42 Å². The predicted octanol–water partition coefficient (Wildman–Crippen LogP) is 3.77. The smallest absolute Gasteiger partial charge is 0.194 e. The fourth-order valence-corrected chi connectivity index (χ4v) is 2.58. The van der Waals surface area contributed by atoms with Gasteiger partial charge in [0.05, 0.1) is 0 Å². The molecule has 4 nitrogen and oxygen atoms in total. The van der Waals surface area contributed by atoms with E-state index >= 15 is 0 Å². The van der Waals surface area contributed by atoms with Gasteiger partial charge in [-0.05, 0) is 57.5 Å². The van der Waals surface area contributed by atoms with Crippen LogP contribution in [0.1, 0.15) is 32.2 Å². The lowest BCUT2D eigenvalue weighted by molar-refractivity contribution is 0.422. The van der Waals surface area contributed by atoms with Crippen molar-refractivity contribution in [2.24, 2.45) is 0 Å². The molecule has 2 aromatic rings. The van der Waals surface area contributed by atoms with E-state index in [0.29, 0.717) is 11.0 Å². The molecule has 0 aliphatic heterocycles. The predicted molar refractivity (Wildman–Crippen MR) is 78.7 cm³/mol. The summed E-state index contributed by atoms with van der Waals surface area (Å²) in [6, 6.07) is 3.53. The first kappa shape index (κ1) is 14.5. The molecule has 0 unspecified atom stereocenters. The standard InChI is InChI=1S/C13H18ClN3OS/c1-13(2,3)15-8-4-5-11-16-17-12(19-11)9-6-7-10(14)18-9/h6-7,15H,4-5,8H2,1-3H3. The maximum Gasteiger partial charge on any atom is 0.194 e. The van der Waals surface area contributed by atoms with Crippen molar-refractivity contribution in [3.8, 4) is 10.8 Å². The van der Waals surface area contributed by atoms with Crippen molar-refractivity contribution in [3.63, 3.8) is 0 Å². The number of hydrogen-bond acceptors (Lipinski definition) is 5. The Bertz CT molecular complexity index is 530. The van der Waals surface area contributed by atoms with Gasteiger partial charge in [-0.1, -0.05) is 11.3 Å². The van der Waals surface area contributed by atoms with Gasteiger partial charge in [-0.25, -0.2) is 0 Å². The summed E-state index contributed by atoms with van der Waals surface area (Å²) < 4.78 is 5.31. The monoisotopic (exact) mass is 299 g/mol. The van der Waals surface area contributed by atoms with Gasteiger partial charge in [0.1, 0.15) is 5.01 Å². The Hall–Kier alpha value is -0.910. The van der Waals surface area contributed by atoms with Gasteiger partial charge in [0.15, 0.2) is 16.0 Å². The number of nitrogens with one attached hydrogen (secondary N) is 1. The van der Waals surface area contributed by atoms with Crippen molar-refractivity contribution in [1.82, 2.24) is 15.5 Å². The third-order valence-electron chi connectivity index (χ3n) is 2.47. The first-order valence-electron chi connectivity index (χ1n) is 6.27. The molecule has 0 aliphatic carbocycles. The molecule has 104 valence electrons. The molecule has 19 heavy (non-hydrogen) atoms. The molecule has 2 heterocycles. The minimum atomic E-state index is 0.164. The number of furan rings is 1. The lowest BCUT2D eigenvalue weighted by atomic mass is 10.1. The molecular weight excluding hydrogens is 282 g/mol. The normalized spacial score (nSPS) is 12.0. The topological polar surface area (TPSA) is 51.0 Å². The Morgan fingerprint density at radius 2 is 2.11 bits per heavy atom. The van der Waals surface area contributed by atoms with Crippen molar-refractivity contribution >= 4 is 22.9 Å². The summed E-state index contributed by atoms with van der Waals surface area (Å²) in [5, 5.41) is 13.9. The highest BCUT2D eigenvalue weighted by Gasteiger charge is 2.11. The lowest BCUT2D eigenvalue weighted by Gasteiger charge is -2.20. The van der Waals surface area contributed by atoms with Gasteiger partial charge in [-0.2, -0.15) is 0 Å². The van der Waals surface area contributed by atoms with E-state index in [2.05, 4.69) is 36.3 Å². The van der Waals surface area contributed by atoms with Crippen LogP contribution in [-0.2, 0) is 6.42 Å². The Kier molecular flexibility index (Phi) is 4.60. The van der Waals surface area contributed by atoms with E-state index in [1.165, 1.54) is 0 Å². The fourth-order valence-electron chi connectivity index (χ4n) is 1.59. The van der Waals surface area contributed by atoms with E-state index in [4.69, 9.17) is 16.0 Å². The number of rotatable bonds is 5. The molecule has 0 atom stereocenters. The summed E-state index contributed by atoms with van der Waals surface area (Å²) in [6.07, 6.45) is 1.97. The van der Waals surface area contributed by atoms with E-state index in [1.807, 2.05) is 6.07 Å². The van der Waals surface area contributed by atoms with Crippen LogP contribution in [0.3, 0.4) is 0 Å². The Morgan fingerprint density at radius 1 is 1.32 bits per heavy atom. The van der Waals surface area contributed by atoms with Crippen LogP contribution in [0.25, 0.3) is 10.8 Å². The molecule has 0 radical (unpaired) electrons. The van der Waals surface area contributed by atoms with Crippen LogP contribution in [-0.4, -0.2) is 22.3 Å². The van der Waals surface area contributed by atoms with Gasteiger partial charge < -0.3 is 9.73 Å². The number of nitrogens with zero attached hydrogens (tertiary/aromatic N) is 2. The van der Waals surface area contributed by atoms with Crippen molar-refractivity contribution in [1.29, 1.82) is 0 Å². The second-order valence-electron chi connectivity index (χ2n) is 5.39. The van der Waals surface area contributed by atoms with Crippen molar-refractivity contribution in [3.05, 3.63) is 22.4 Å². The fraction of sp³-hybridized carbons (Fsp3) is 0.538. The van der Waals surface area contributed by atoms with Crippen LogP contribution in [0, 0.1) is 0 Å². The highest BCUT2D eigenvalue weighted by Crippen LogP contribution is 2.27. The van der Waals surface area contributed by atoms with Crippen LogP contribution in [0.4, 0.5) is 0 Å². The quantitative estimate of drug-likeness (QED) is 0.854. The van der Waals surface area contributed by atoms with Crippen molar-refractivity contribution in [2.75, 3.05) is 6.54 Å². The summed E-state index contributed by atoms with van der Waals surface area (Å²) >= 11 is 7.30. The van der Waals surface area contributed by atoms with E-state index in [0.717, 1.165) is 29.4 Å². The zero-order valence-corrected chi connectivity index (χ0v) is 12.9. The molecule has 1 N–H and O–H groups in total. The molecular formula is C13H18ClN3OS. The number of halogens is 1. The number of aromatic nitrogens is 2. The summed E-state index contributed by atoms with van der Waals surface area (Å²) in [4.78, 5) is 0. The second-order valence-corrected chi connectivity index (χ2v) is 6.82. The van der Waals surface area contributed by atoms with Crippen LogP contribution >= 0.6 is 22.9 Å². The maximum absolute atomic E-state index is 5.74. The average Bonchev–Trinajstić information content (AvgIpc) is 2.92. The molecule has 0 bridgehead atoms. The van der Waals surface area contributed by atoms with Crippen LogP contribution in [0.2, 0.25) is 5.22 Å². The minimum absolute atomic E-state index is 0.164. The molecule has 0 aromatic carbocycles. The van der Waals surface area contributed by atoms with Crippen LogP contribution in [0.5, 0.6) is 0 Å². The van der Waals surface area contributed by atoms with Crippen LogP contribution < -0.4 is 5.32 Å². The summed E-state index contributed by atoms with van der Waals surface area (Å²) in [5.74, 6) is 0.682. The number of hydrogen-bond donors (Lipinski definition) is 1. The third-order valence-corrected chi connectivity index (χ3v) is 3.67. The summed E-state index contributed by atoms with van der Waals surface area (Å²) in [6.45, 7) is 7.47. The zero-order valence-electron chi connectivity index (χ0n) is 11.4. The molecule has 0 saturated carbocycles. The van der Waals surface area contributed by atoms with Gasteiger partial charge in [0.2, 0.25) is 0 Å². The molecule has 0 saturated heterocycles. The first-order valence-corrected chi connectivity index (χ1v) is 7.46. The lowest BCUT2D eigenvalue weighted by Crippen LogP contribution is -2.36. The molecule has 2 aromatic heterocycles. The maximum atomic E-state index is 5.74. The molecule has 0 fully saturated rings. The highest BCUT2D eigenvalue weighted by molar-refractivity contribution is 7.14. The van der Waals surface area contributed by atoms with E-state index in [9.17, 15) is 0 Å². The number of aryl methyl sites for hydroxylation is 1. The van der Waals surface area contributed by atoms with Gasteiger partial charge in [0.25, 0.3) is 0 Å². The largest absolute Gasteiger partial charge is 0.442 e. The molecule has 6 heteroatoms. The second kappa shape index (κ2) is 6.03. The van der Waals surface area contributed by atoms with E-state index in [1.54, 1.807) is 17.4 Å². The van der Waals surface area contributed by atoms with E-state index in [-0.39, 0.29) is 5.54 Å². The highest BCUT2D eigenvalue weighted by atomic mass is 35.5. The summed E-state index contributed by atoms with van der Waals surface area (Å²) in [5.41, 5.74) is 0.164. The van der Waals surface area contributed by atoms with Gasteiger partial charge >= 0.3 is 0 Å². The average molecular weight is 300 g/mol. The van der Waals surface area contributed by atoms with E-state index < -0.39 is 0 Å². The van der Waals surface area contributed by atoms with Crippen molar-refractivity contribution in [2.45, 2.75) is 39.2 Å².